The Kier molecular flexibility index (Phi) is 6.81. The fourth-order valence-corrected chi connectivity index (χ4v) is 4.55. The number of fused-ring (bicyclic) bond motifs is 1. The van der Waals surface area contributed by atoms with Gasteiger partial charge in [-0.1, -0.05) is 6.07 Å². The van der Waals surface area contributed by atoms with Gasteiger partial charge in [0, 0.05) is 42.6 Å². The van der Waals surface area contributed by atoms with Gasteiger partial charge in [-0.15, -0.1) is 0 Å². The second kappa shape index (κ2) is 10.3. The quantitative estimate of drug-likeness (QED) is 0.387. The number of nitrogens with two attached hydrogens (primary N) is 2. The smallest absolute Gasteiger partial charge is 0.212 e. The third kappa shape index (κ3) is 5.01. The van der Waals surface area contributed by atoms with Crippen molar-refractivity contribution < 1.29 is 14.2 Å². The Balaban J connectivity index is 1.31. The van der Waals surface area contributed by atoms with Gasteiger partial charge in [-0.25, -0.2) is 9.97 Å². The maximum absolute atomic E-state index is 6.33. The van der Waals surface area contributed by atoms with Crippen molar-refractivity contribution in [3.8, 4) is 17.4 Å². The second-order valence-electron chi connectivity index (χ2n) is 9.04. The molecule has 2 aromatic heterocycles. The first-order valence-corrected chi connectivity index (χ1v) is 12.1. The molecule has 0 spiro atoms. The Bertz CT molecular complexity index is 1330. The molecule has 1 aliphatic heterocycles. The van der Waals surface area contributed by atoms with E-state index in [4.69, 9.17) is 25.7 Å². The number of piperidine rings is 1. The number of ether oxygens (including phenoxy) is 3. The molecule has 4 aromatic rings. The fraction of sp³-hybridized carbons (Fsp3) is 0.333. The van der Waals surface area contributed by atoms with E-state index in [0.717, 1.165) is 53.8 Å². The van der Waals surface area contributed by atoms with Crippen LogP contribution in [0.1, 0.15) is 24.0 Å². The SMILES string of the molecule is COc1ccc(COc2ccc(Cn3c(N)nc4cc(N5CCC(N)CC5)ccc43)cc2OC)cn1. The fourth-order valence-electron chi connectivity index (χ4n) is 4.55. The van der Waals surface area contributed by atoms with Gasteiger partial charge in [0.2, 0.25) is 11.8 Å². The van der Waals surface area contributed by atoms with Crippen molar-refractivity contribution in [2.24, 2.45) is 5.73 Å². The lowest BCUT2D eigenvalue weighted by molar-refractivity contribution is 0.283. The average molecular weight is 489 g/mol. The molecular weight excluding hydrogens is 456 g/mol. The number of aromatic nitrogens is 3. The van der Waals surface area contributed by atoms with Crippen LogP contribution in [0.5, 0.6) is 17.4 Å². The maximum Gasteiger partial charge on any atom is 0.212 e. The van der Waals surface area contributed by atoms with Crippen LogP contribution in [0, 0.1) is 0 Å². The van der Waals surface area contributed by atoms with E-state index in [1.807, 2.05) is 34.9 Å². The Morgan fingerprint density at radius 2 is 1.75 bits per heavy atom. The van der Waals surface area contributed by atoms with Crippen molar-refractivity contribution in [3.05, 3.63) is 65.9 Å². The Morgan fingerprint density at radius 1 is 0.944 bits per heavy atom. The van der Waals surface area contributed by atoms with Gasteiger partial charge in [-0.05, 0) is 54.8 Å². The number of imidazole rings is 1. The van der Waals surface area contributed by atoms with Crippen molar-refractivity contribution >= 4 is 22.7 Å². The van der Waals surface area contributed by atoms with Gasteiger partial charge in [0.15, 0.2) is 11.5 Å². The maximum atomic E-state index is 6.33. The zero-order valence-corrected chi connectivity index (χ0v) is 20.7. The highest BCUT2D eigenvalue weighted by molar-refractivity contribution is 5.82. The van der Waals surface area contributed by atoms with Crippen molar-refractivity contribution in [2.45, 2.75) is 32.0 Å². The largest absolute Gasteiger partial charge is 0.493 e. The highest BCUT2D eigenvalue weighted by atomic mass is 16.5. The number of methoxy groups -OCH3 is 2. The molecule has 1 aliphatic rings. The summed E-state index contributed by atoms with van der Waals surface area (Å²) in [6, 6.07) is 16.3. The van der Waals surface area contributed by atoms with Gasteiger partial charge in [0.1, 0.15) is 6.61 Å². The van der Waals surface area contributed by atoms with Crippen LogP contribution in [0.2, 0.25) is 0 Å². The van der Waals surface area contributed by atoms with Gasteiger partial charge < -0.3 is 35.1 Å². The normalized spacial score (nSPS) is 14.2. The van der Waals surface area contributed by atoms with Gasteiger partial charge in [0.25, 0.3) is 0 Å². The summed E-state index contributed by atoms with van der Waals surface area (Å²) < 4.78 is 18.7. The zero-order valence-electron chi connectivity index (χ0n) is 20.7. The molecule has 3 heterocycles. The molecule has 4 N–H and O–H groups in total. The highest BCUT2D eigenvalue weighted by Crippen LogP contribution is 2.31. The molecule has 2 aromatic carbocycles. The molecular formula is C27H32N6O3. The summed E-state index contributed by atoms with van der Waals surface area (Å²) in [5, 5.41) is 0. The molecule has 1 fully saturated rings. The first kappa shape index (κ1) is 23.7. The highest BCUT2D eigenvalue weighted by Gasteiger charge is 2.18. The third-order valence-electron chi connectivity index (χ3n) is 6.64. The summed E-state index contributed by atoms with van der Waals surface area (Å²) in [6.07, 6.45) is 3.75. The number of nitrogen functional groups attached to an aromatic ring is 1. The molecule has 0 atom stereocenters. The molecule has 0 radical (unpaired) electrons. The number of hydrogen-bond donors (Lipinski definition) is 2. The van der Waals surface area contributed by atoms with Gasteiger partial charge >= 0.3 is 0 Å². The summed E-state index contributed by atoms with van der Waals surface area (Å²) in [7, 11) is 3.23. The summed E-state index contributed by atoms with van der Waals surface area (Å²) in [6.45, 7) is 2.87. The zero-order chi connectivity index (χ0) is 25.1. The van der Waals surface area contributed by atoms with Gasteiger partial charge in [-0.2, -0.15) is 0 Å². The number of hydrogen-bond acceptors (Lipinski definition) is 8. The molecule has 0 unspecified atom stereocenters. The monoisotopic (exact) mass is 488 g/mol. The van der Waals surface area contributed by atoms with Crippen molar-refractivity contribution in [2.75, 3.05) is 37.9 Å². The van der Waals surface area contributed by atoms with Crippen molar-refractivity contribution in [1.29, 1.82) is 0 Å². The van der Waals surface area contributed by atoms with Crippen LogP contribution in [0.4, 0.5) is 11.6 Å². The predicted molar refractivity (Wildman–Crippen MR) is 141 cm³/mol. The summed E-state index contributed by atoms with van der Waals surface area (Å²) in [5.74, 6) is 2.36. The number of anilines is 2. The number of benzene rings is 2. The minimum absolute atomic E-state index is 0.299. The van der Waals surface area contributed by atoms with Crippen LogP contribution in [0.15, 0.2) is 54.7 Å². The van der Waals surface area contributed by atoms with E-state index in [9.17, 15) is 0 Å². The van der Waals surface area contributed by atoms with E-state index in [1.54, 1.807) is 20.4 Å². The van der Waals surface area contributed by atoms with E-state index in [2.05, 4.69) is 33.1 Å². The van der Waals surface area contributed by atoms with Crippen LogP contribution in [0.3, 0.4) is 0 Å². The number of rotatable bonds is 8. The van der Waals surface area contributed by atoms with Gasteiger partial charge in [-0.3, -0.25) is 0 Å². The predicted octanol–water partition coefficient (Wildman–Crippen LogP) is 3.59. The Labute approximate surface area is 210 Å². The molecule has 36 heavy (non-hydrogen) atoms. The first-order valence-electron chi connectivity index (χ1n) is 12.1. The number of pyridine rings is 1. The van der Waals surface area contributed by atoms with E-state index < -0.39 is 0 Å². The van der Waals surface area contributed by atoms with E-state index in [1.165, 1.54) is 0 Å². The minimum atomic E-state index is 0.299. The van der Waals surface area contributed by atoms with Crippen molar-refractivity contribution in [3.63, 3.8) is 0 Å². The van der Waals surface area contributed by atoms with E-state index >= 15 is 0 Å². The molecule has 5 rings (SSSR count). The van der Waals surface area contributed by atoms with Crippen LogP contribution in [0.25, 0.3) is 11.0 Å². The summed E-state index contributed by atoms with van der Waals surface area (Å²) in [4.78, 5) is 11.2. The Hall–Kier alpha value is -3.98. The molecule has 9 heteroatoms. The Morgan fingerprint density at radius 3 is 2.47 bits per heavy atom. The summed E-state index contributed by atoms with van der Waals surface area (Å²) >= 11 is 0. The van der Waals surface area contributed by atoms with E-state index in [0.29, 0.717) is 42.5 Å². The van der Waals surface area contributed by atoms with E-state index in [-0.39, 0.29) is 0 Å². The lowest BCUT2D eigenvalue weighted by atomic mass is 10.1. The van der Waals surface area contributed by atoms with Crippen LogP contribution < -0.4 is 30.6 Å². The molecule has 188 valence electrons. The summed E-state index contributed by atoms with van der Waals surface area (Å²) in [5.41, 5.74) is 17.4. The van der Waals surface area contributed by atoms with Crippen LogP contribution in [-0.2, 0) is 13.2 Å². The molecule has 0 amide bonds. The van der Waals surface area contributed by atoms with Crippen LogP contribution in [-0.4, -0.2) is 47.9 Å². The molecule has 0 bridgehead atoms. The first-order chi connectivity index (χ1) is 17.5. The lowest BCUT2D eigenvalue weighted by Gasteiger charge is -2.32. The minimum Gasteiger partial charge on any atom is -0.493 e. The molecule has 0 saturated carbocycles. The lowest BCUT2D eigenvalue weighted by Crippen LogP contribution is -2.39. The van der Waals surface area contributed by atoms with Crippen LogP contribution >= 0.6 is 0 Å². The second-order valence-corrected chi connectivity index (χ2v) is 9.04. The molecule has 0 aliphatic carbocycles. The van der Waals surface area contributed by atoms with Gasteiger partial charge in [0.05, 0.1) is 31.8 Å². The molecule has 1 saturated heterocycles. The number of nitrogens with zero attached hydrogens (tertiary/aromatic N) is 4. The van der Waals surface area contributed by atoms with Crippen molar-refractivity contribution in [1.82, 2.24) is 14.5 Å². The standard InChI is InChI=1S/C27H32N6O3/c1-34-25-13-18(3-7-24(25)36-17-19-4-8-26(35-2)30-15-19)16-33-23-6-5-21(14-22(23)31-27(33)29)32-11-9-20(28)10-12-32/h3-8,13-15,20H,9-12,16-17,28H2,1-2H3,(H2,29,31). The average Bonchev–Trinajstić information content (AvgIpc) is 3.22. The topological polar surface area (TPSA) is 114 Å². The molecule has 9 nitrogen and oxygen atoms in total. The third-order valence-corrected chi connectivity index (χ3v) is 6.64.